The summed E-state index contributed by atoms with van der Waals surface area (Å²) in [4.78, 5) is 23.6. The Morgan fingerprint density at radius 3 is 2.81 bits per heavy atom. The molecule has 1 aliphatic heterocycles. The van der Waals surface area contributed by atoms with Gasteiger partial charge in [0.1, 0.15) is 0 Å². The number of nitrogens with zero attached hydrogens (tertiary/aromatic N) is 4. The van der Waals surface area contributed by atoms with Gasteiger partial charge in [0.2, 0.25) is 11.0 Å². The molecule has 0 unspecified atom stereocenters. The van der Waals surface area contributed by atoms with E-state index in [-0.39, 0.29) is 24.2 Å². The largest absolute Gasteiger partial charge is 0.468 e. The summed E-state index contributed by atoms with van der Waals surface area (Å²) >= 11 is 2.32. The fourth-order valence-corrected chi connectivity index (χ4v) is 5.08. The van der Waals surface area contributed by atoms with Crippen LogP contribution in [0.3, 0.4) is 0 Å². The van der Waals surface area contributed by atoms with Crippen molar-refractivity contribution in [1.82, 2.24) is 18.8 Å². The van der Waals surface area contributed by atoms with E-state index in [1.165, 1.54) is 37.3 Å². The minimum atomic E-state index is -3.54. The Kier molecular flexibility index (Phi) is 7.34. The molecule has 1 aromatic heterocycles. The summed E-state index contributed by atoms with van der Waals surface area (Å²) in [5, 5.41) is 10.8. The van der Waals surface area contributed by atoms with Crippen LogP contribution in [0.2, 0.25) is 0 Å². The molecule has 0 bridgehead atoms. The molecule has 1 aliphatic rings. The van der Waals surface area contributed by atoms with Gasteiger partial charge in [0.25, 0.3) is 10.2 Å². The molecule has 26 heavy (non-hydrogen) atoms. The van der Waals surface area contributed by atoms with Crippen molar-refractivity contribution in [2.75, 3.05) is 45.4 Å². The van der Waals surface area contributed by atoms with Crippen LogP contribution in [0.25, 0.3) is 0 Å². The van der Waals surface area contributed by atoms with E-state index in [1.54, 1.807) is 0 Å². The third kappa shape index (κ3) is 5.36. The fourth-order valence-electron chi connectivity index (χ4n) is 2.30. The number of methoxy groups -OCH3 is 1. The molecule has 2 rings (SSSR count). The second kappa shape index (κ2) is 9.08. The van der Waals surface area contributed by atoms with Crippen LogP contribution < -0.4 is 5.32 Å². The van der Waals surface area contributed by atoms with Crippen molar-refractivity contribution in [3.63, 3.8) is 0 Å². The van der Waals surface area contributed by atoms with Crippen LogP contribution in [0.1, 0.15) is 12.8 Å². The highest BCUT2D eigenvalue weighted by Crippen LogP contribution is 2.27. The van der Waals surface area contributed by atoms with Gasteiger partial charge in [-0.15, -0.1) is 10.2 Å². The SMILES string of the molecule is COC(=O)CSc1nnc(NC(=O)[C@H]2CCCN(S(=O)(=O)N(C)C)C2)s1. The fraction of sp³-hybridized carbons (Fsp3) is 0.692. The normalized spacial score (nSPS) is 18.7. The van der Waals surface area contributed by atoms with Crippen molar-refractivity contribution < 1.29 is 22.7 Å². The van der Waals surface area contributed by atoms with E-state index < -0.39 is 16.1 Å². The van der Waals surface area contributed by atoms with Crippen LogP contribution >= 0.6 is 23.1 Å². The molecule has 1 atom stereocenters. The van der Waals surface area contributed by atoms with Crippen LogP contribution in [-0.4, -0.2) is 79.1 Å². The van der Waals surface area contributed by atoms with Gasteiger partial charge >= 0.3 is 5.97 Å². The van der Waals surface area contributed by atoms with Crippen molar-refractivity contribution in [1.29, 1.82) is 0 Å². The van der Waals surface area contributed by atoms with E-state index in [0.29, 0.717) is 28.9 Å². The molecule has 2 heterocycles. The van der Waals surface area contributed by atoms with Gasteiger partial charge in [-0.1, -0.05) is 23.1 Å². The molecule has 0 aliphatic carbocycles. The highest BCUT2D eigenvalue weighted by molar-refractivity contribution is 8.01. The van der Waals surface area contributed by atoms with Crippen LogP contribution in [0.5, 0.6) is 0 Å². The molecule has 13 heteroatoms. The first-order chi connectivity index (χ1) is 12.2. The Labute approximate surface area is 160 Å². The molecule has 0 spiro atoms. The van der Waals surface area contributed by atoms with Gasteiger partial charge in [-0.3, -0.25) is 9.59 Å². The highest BCUT2D eigenvalue weighted by Gasteiger charge is 2.33. The number of piperidine rings is 1. The number of esters is 1. The monoisotopic (exact) mass is 423 g/mol. The Morgan fingerprint density at radius 1 is 1.42 bits per heavy atom. The topological polar surface area (TPSA) is 122 Å². The zero-order valence-electron chi connectivity index (χ0n) is 14.7. The Hall–Kier alpha value is -1.28. The summed E-state index contributed by atoms with van der Waals surface area (Å²) in [5.41, 5.74) is 0. The summed E-state index contributed by atoms with van der Waals surface area (Å²) in [6.45, 7) is 0.534. The summed E-state index contributed by atoms with van der Waals surface area (Å²) < 4.78 is 32.0. The first-order valence-electron chi connectivity index (χ1n) is 7.75. The number of rotatable bonds is 7. The molecular weight excluding hydrogens is 402 g/mol. The number of thioether (sulfide) groups is 1. The van der Waals surface area contributed by atoms with Gasteiger partial charge in [0, 0.05) is 27.2 Å². The lowest BCUT2D eigenvalue weighted by molar-refractivity contribution is -0.137. The average Bonchev–Trinajstić information content (AvgIpc) is 3.06. The molecule has 1 saturated heterocycles. The maximum Gasteiger partial charge on any atom is 0.316 e. The molecule has 0 saturated carbocycles. The van der Waals surface area contributed by atoms with Crippen LogP contribution in [0, 0.1) is 5.92 Å². The van der Waals surface area contributed by atoms with Crippen molar-refractivity contribution in [3.8, 4) is 0 Å². The summed E-state index contributed by atoms with van der Waals surface area (Å²) in [6.07, 6.45) is 1.22. The number of carbonyl (C=O) groups excluding carboxylic acids is 2. The Morgan fingerprint density at radius 2 is 2.15 bits per heavy atom. The van der Waals surface area contributed by atoms with Crippen LogP contribution in [-0.2, 0) is 24.5 Å². The maximum atomic E-state index is 12.4. The first-order valence-corrected chi connectivity index (χ1v) is 11.0. The lowest BCUT2D eigenvalue weighted by Crippen LogP contribution is -2.47. The van der Waals surface area contributed by atoms with Crippen LogP contribution in [0.15, 0.2) is 4.34 Å². The van der Waals surface area contributed by atoms with E-state index in [0.717, 1.165) is 15.6 Å². The van der Waals surface area contributed by atoms with Gasteiger partial charge in [-0.25, -0.2) is 0 Å². The Bertz CT molecular complexity index is 751. The van der Waals surface area contributed by atoms with Crippen molar-refractivity contribution in [2.45, 2.75) is 17.2 Å². The van der Waals surface area contributed by atoms with Gasteiger partial charge < -0.3 is 10.1 Å². The lowest BCUT2D eigenvalue weighted by Gasteiger charge is -2.32. The van der Waals surface area contributed by atoms with Gasteiger partial charge in [0.05, 0.1) is 18.8 Å². The molecule has 10 nitrogen and oxygen atoms in total. The van der Waals surface area contributed by atoms with Crippen molar-refractivity contribution >= 4 is 50.3 Å². The molecule has 146 valence electrons. The minimum Gasteiger partial charge on any atom is -0.468 e. The first kappa shape index (κ1) is 21.0. The molecule has 0 radical (unpaired) electrons. The number of ether oxygens (including phenoxy) is 1. The third-order valence-corrected chi connectivity index (χ3v) is 7.57. The van der Waals surface area contributed by atoms with Gasteiger partial charge in [0.15, 0.2) is 4.34 Å². The van der Waals surface area contributed by atoms with Crippen molar-refractivity contribution in [2.24, 2.45) is 5.92 Å². The van der Waals surface area contributed by atoms with E-state index in [4.69, 9.17) is 0 Å². The molecule has 1 N–H and O–H groups in total. The summed E-state index contributed by atoms with van der Waals surface area (Å²) in [5.74, 6) is -1.00. The van der Waals surface area contributed by atoms with Crippen LogP contribution in [0.4, 0.5) is 5.13 Å². The number of carbonyl (C=O) groups is 2. The lowest BCUT2D eigenvalue weighted by atomic mass is 9.99. The van der Waals surface area contributed by atoms with Gasteiger partial charge in [-0.05, 0) is 12.8 Å². The van der Waals surface area contributed by atoms with E-state index in [2.05, 4.69) is 20.3 Å². The predicted molar refractivity (Wildman–Crippen MR) is 98.2 cm³/mol. The number of aromatic nitrogens is 2. The average molecular weight is 424 g/mol. The number of anilines is 1. The highest BCUT2D eigenvalue weighted by atomic mass is 32.2. The zero-order valence-corrected chi connectivity index (χ0v) is 17.1. The zero-order chi connectivity index (χ0) is 19.3. The molecule has 1 amide bonds. The maximum absolute atomic E-state index is 12.4. The quantitative estimate of drug-likeness (QED) is 0.376. The molecular formula is C13H21N5O5S3. The number of nitrogens with one attached hydrogen (secondary N) is 1. The Balaban J connectivity index is 1.93. The number of hydrogen-bond acceptors (Lipinski definition) is 9. The molecule has 0 aromatic carbocycles. The molecule has 1 aromatic rings. The number of amides is 1. The second-order valence-electron chi connectivity index (χ2n) is 5.71. The minimum absolute atomic E-state index is 0.110. The smallest absolute Gasteiger partial charge is 0.316 e. The molecule has 1 fully saturated rings. The van der Waals surface area contributed by atoms with E-state index in [9.17, 15) is 18.0 Å². The van der Waals surface area contributed by atoms with Gasteiger partial charge in [-0.2, -0.15) is 17.0 Å². The van der Waals surface area contributed by atoms with Crippen molar-refractivity contribution in [3.05, 3.63) is 0 Å². The second-order valence-corrected chi connectivity index (χ2v) is 10.1. The van der Waals surface area contributed by atoms with E-state index >= 15 is 0 Å². The summed E-state index contributed by atoms with van der Waals surface area (Å²) in [7, 11) is 0.697. The summed E-state index contributed by atoms with van der Waals surface area (Å²) in [6, 6.07) is 0. The van der Waals surface area contributed by atoms with E-state index in [1.807, 2.05) is 0 Å². The predicted octanol–water partition coefficient (Wildman–Crippen LogP) is 0.260. The standard InChI is InChI=1S/C13H21N5O5S3/c1-17(2)26(21,22)18-6-4-5-9(7-18)11(20)14-12-15-16-13(25-12)24-8-10(19)23-3/h9H,4-8H2,1-3H3,(H,14,15,20)/t9-/m0/s1. The third-order valence-electron chi connectivity index (χ3n) is 3.72. The number of hydrogen-bond donors (Lipinski definition) is 1.